The highest BCUT2D eigenvalue weighted by molar-refractivity contribution is 9.09. The van der Waals surface area contributed by atoms with E-state index in [9.17, 15) is 14.4 Å². The van der Waals surface area contributed by atoms with Crippen LogP contribution in [0.5, 0.6) is 0 Å². The van der Waals surface area contributed by atoms with E-state index in [-0.39, 0.29) is 34.0 Å². The number of aromatic carboxylic acids is 2. The van der Waals surface area contributed by atoms with Crippen LogP contribution >= 0.6 is 15.9 Å². The number of carbonyl (C=O) groups is 3. The zero-order valence-electron chi connectivity index (χ0n) is 9.67. The Labute approximate surface area is 116 Å². The number of nitrogens with zero attached hydrogens (tertiary/aromatic N) is 1. The molecule has 2 N–H and O–H groups in total. The van der Waals surface area contributed by atoms with E-state index in [2.05, 4.69) is 15.9 Å². The van der Waals surface area contributed by atoms with Crippen LogP contribution in [-0.2, 0) is 4.79 Å². The normalized spacial score (nSPS) is 18.7. The number of alkyl halides is 1. The second kappa shape index (κ2) is 5.00. The Balaban J connectivity index is 2.52. The molecule has 2 rings (SSSR count). The van der Waals surface area contributed by atoms with Gasteiger partial charge in [0.05, 0.1) is 16.8 Å². The van der Waals surface area contributed by atoms with E-state index in [0.717, 1.165) is 0 Å². The van der Waals surface area contributed by atoms with Crippen molar-refractivity contribution in [2.45, 2.75) is 11.2 Å². The van der Waals surface area contributed by atoms with Gasteiger partial charge in [0.1, 0.15) is 0 Å². The molecule has 0 radical (unpaired) electrons. The summed E-state index contributed by atoms with van der Waals surface area (Å²) >= 11 is 3.30. The fraction of sp³-hybridized carbons (Fsp3) is 0.250. The monoisotopic (exact) mass is 327 g/mol. The van der Waals surface area contributed by atoms with Gasteiger partial charge in [-0.25, -0.2) is 9.59 Å². The molecule has 1 aromatic rings. The molecule has 1 aliphatic heterocycles. The maximum Gasteiger partial charge on any atom is 0.337 e. The van der Waals surface area contributed by atoms with Crippen molar-refractivity contribution in [2.24, 2.45) is 0 Å². The van der Waals surface area contributed by atoms with Crippen LogP contribution in [0.25, 0.3) is 0 Å². The Morgan fingerprint density at radius 3 is 2.42 bits per heavy atom. The molecule has 0 aliphatic carbocycles. The predicted octanol–water partition coefficient (Wildman–Crippen LogP) is 1.58. The minimum atomic E-state index is -1.20. The molecule has 0 aromatic heterocycles. The highest BCUT2D eigenvalue weighted by atomic mass is 79.9. The van der Waals surface area contributed by atoms with Gasteiger partial charge in [-0.1, -0.05) is 15.9 Å². The zero-order chi connectivity index (χ0) is 14.2. The van der Waals surface area contributed by atoms with E-state index in [1.165, 1.54) is 23.1 Å². The molecule has 6 nitrogen and oxygen atoms in total. The first kappa shape index (κ1) is 13.5. The lowest BCUT2D eigenvalue weighted by molar-refractivity contribution is -0.117. The topological polar surface area (TPSA) is 94.9 Å². The van der Waals surface area contributed by atoms with E-state index >= 15 is 0 Å². The summed E-state index contributed by atoms with van der Waals surface area (Å²) in [6.45, 7) is 0.322. The molecular weight excluding hydrogens is 318 g/mol. The van der Waals surface area contributed by atoms with Crippen LogP contribution in [-0.4, -0.2) is 39.4 Å². The van der Waals surface area contributed by atoms with Gasteiger partial charge in [0, 0.05) is 17.8 Å². The summed E-state index contributed by atoms with van der Waals surface area (Å²) in [5.41, 5.74) is -0.00915. The third-order valence-electron chi connectivity index (χ3n) is 2.84. The number of anilines is 1. The largest absolute Gasteiger partial charge is 0.478 e. The number of hydrogen-bond acceptors (Lipinski definition) is 3. The second-order valence-corrected chi connectivity index (χ2v) is 5.44. The summed E-state index contributed by atoms with van der Waals surface area (Å²) in [4.78, 5) is 35.1. The van der Waals surface area contributed by atoms with Gasteiger partial charge in [-0.15, -0.1) is 0 Å². The molecule has 1 aliphatic rings. The van der Waals surface area contributed by atoms with Gasteiger partial charge in [-0.2, -0.15) is 0 Å². The molecule has 1 fully saturated rings. The molecule has 7 heteroatoms. The van der Waals surface area contributed by atoms with Crippen molar-refractivity contribution in [1.82, 2.24) is 0 Å². The average Bonchev–Trinajstić information content (AvgIpc) is 2.67. The Hall–Kier alpha value is -1.89. The van der Waals surface area contributed by atoms with Gasteiger partial charge < -0.3 is 15.1 Å². The Morgan fingerprint density at radius 2 is 1.95 bits per heavy atom. The van der Waals surface area contributed by atoms with Crippen LogP contribution in [0.3, 0.4) is 0 Å². The predicted molar refractivity (Wildman–Crippen MR) is 70.0 cm³/mol. The van der Waals surface area contributed by atoms with E-state index < -0.39 is 11.9 Å². The lowest BCUT2D eigenvalue weighted by Crippen LogP contribution is -2.27. The molecule has 19 heavy (non-hydrogen) atoms. The number of amides is 1. The Kier molecular flexibility index (Phi) is 3.57. The number of carboxylic acid groups (broad SMARTS) is 2. The highest BCUT2D eigenvalue weighted by Crippen LogP contribution is 2.29. The van der Waals surface area contributed by atoms with Crippen molar-refractivity contribution in [1.29, 1.82) is 0 Å². The lowest BCUT2D eigenvalue weighted by Gasteiger charge is -2.18. The van der Waals surface area contributed by atoms with Crippen molar-refractivity contribution < 1.29 is 24.6 Å². The summed E-state index contributed by atoms with van der Waals surface area (Å²) < 4.78 is 0. The maximum absolute atomic E-state index is 11.8. The van der Waals surface area contributed by atoms with Crippen LogP contribution in [0.1, 0.15) is 27.1 Å². The number of halogens is 1. The molecule has 1 heterocycles. The maximum atomic E-state index is 11.8. The fourth-order valence-electron chi connectivity index (χ4n) is 1.97. The molecule has 1 amide bonds. The first-order chi connectivity index (χ1) is 8.90. The van der Waals surface area contributed by atoms with E-state index in [0.29, 0.717) is 6.54 Å². The van der Waals surface area contributed by atoms with Crippen molar-refractivity contribution >= 4 is 39.5 Å². The fourth-order valence-corrected chi connectivity index (χ4v) is 2.53. The second-order valence-electron chi connectivity index (χ2n) is 4.15. The summed E-state index contributed by atoms with van der Waals surface area (Å²) in [6.07, 6.45) is 0.260. The number of carbonyl (C=O) groups excluding carboxylic acids is 1. The minimum absolute atomic E-state index is 0.0502. The molecule has 1 saturated heterocycles. The zero-order valence-corrected chi connectivity index (χ0v) is 11.3. The lowest BCUT2D eigenvalue weighted by atomic mass is 10.1. The molecular formula is C12H10BrNO5. The molecule has 1 atom stereocenters. The smallest absolute Gasteiger partial charge is 0.337 e. The number of carboxylic acids is 2. The Morgan fingerprint density at radius 1 is 1.26 bits per heavy atom. The van der Waals surface area contributed by atoms with Crippen LogP contribution in [0, 0.1) is 0 Å². The van der Waals surface area contributed by atoms with Gasteiger partial charge >= 0.3 is 11.9 Å². The first-order valence-electron chi connectivity index (χ1n) is 5.45. The molecule has 1 unspecified atom stereocenters. The van der Waals surface area contributed by atoms with E-state index in [4.69, 9.17) is 10.2 Å². The molecule has 1 aromatic carbocycles. The number of rotatable bonds is 3. The summed E-state index contributed by atoms with van der Waals surface area (Å²) in [6, 6.07) is 3.63. The third kappa shape index (κ3) is 2.60. The minimum Gasteiger partial charge on any atom is -0.478 e. The summed E-state index contributed by atoms with van der Waals surface area (Å²) in [7, 11) is 0. The van der Waals surface area contributed by atoms with E-state index in [1.54, 1.807) is 0 Å². The van der Waals surface area contributed by atoms with Gasteiger partial charge in [0.25, 0.3) is 0 Å². The molecule has 100 valence electrons. The van der Waals surface area contributed by atoms with Crippen LogP contribution in [0.4, 0.5) is 5.69 Å². The quantitative estimate of drug-likeness (QED) is 0.822. The van der Waals surface area contributed by atoms with Gasteiger partial charge in [-0.3, -0.25) is 4.79 Å². The number of benzene rings is 1. The van der Waals surface area contributed by atoms with Crippen LogP contribution in [0.2, 0.25) is 0 Å². The number of hydrogen-bond donors (Lipinski definition) is 2. The van der Waals surface area contributed by atoms with Gasteiger partial charge in [0.15, 0.2) is 0 Å². The summed E-state index contributed by atoms with van der Waals surface area (Å²) in [5.74, 6) is -2.59. The summed E-state index contributed by atoms with van der Waals surface area (Å²) in [5, 5.41) is 18.0. The van der Waals surface area contributed by atoms with Crippen LogP contribution < -0.4 is 4.90 Å². The van der Waals surface area contributed by atoms with Gasteiger partial charge in [-0.05, 0) is 18.2 Å². The van der Waals surface area contributed by atoms with Crippen molar-refractivity contribution in [2.75, 3.05) is 11.4 Å². The van der Waals surface area contributed by atoms with Gasteiger partial charge in [0.2, 0.25) is 5.91 Å². The molecule has 0 saturated carbocycles. The van der Waals surface area contributed by atoms with Crippen molar-refractivity contribution in [3.05, 3.63) is 29.3 Å². The standard InChI is InChI=1S/C12H10BrNO5/c13-7-4-10(15)14(5-7)9-3-6(11(16)17)1-2-8(9)12(18)19/h1-3,7H,4-5H2,(H,16,17)(H,18,19). The van der Waals surface area contributed by atoms with Crippen molar-refractivity contribution in [3.8, 4) is 0 Å². The third-order valence-corrected chi connectivity index (χ3v) is 3.46. The Bertz CT molecular complexity index is 571. The molecule has 0 bridgehead atoms. The van der Waals surface area contributed by atoms with E-state index in [1.807, 2.05) is 0 Å². The highest BCUT2D eigenvalue weighted by Gasteiger charge is 2.31. The SMILES string of the molecule is O=C(O)c1ccc(C(=O)O)c(N2CC(Br)CC2=O)c1. The first-order valence-corrected chi connectivity index (χ1v) is 6.37. The van der Waals surface area contributed by atoms with Crippen LogP contribution in [0.15, 0.2) is 18.2 Å². The van der Waals surface area contributed by atoms with Crippen molar-refractivity contribution in [3.63, 3.8) is 0 Å². The average molecular weight is 328 g/mol. The molecule has 0 spiro atoms.